The summed E-state index contributed by atoms with van der Waals surface area (Å²) < 4.78 is 4.76. The van der Waals surface area contributed by atoms with Gasteiger partial charge in [0.05, 0.1) is 7.11 Å². The smallest absolute Gasteiger partial charge is 0.319 e. The lowest BCUT2D eigenvalue weighted by Crippen LogP contribution is -2.45. The lowest BCUT2D eigenvalue weighted by atomic mass is 9.70. The lowest BCUT2D eigenvalue weighted by molar-refractivity contribution is -0.162. The second-order valence-corrected chi connectivity index (χ2v) is 5.19. The summed E-state index contributed by atoms with van der Waals surface area (Å²) in [6, 6.07) is 0. The van der Waals surface area contributed by atoms with Crippen molar-refractivity contribution < 1.29 is 19.1 Å². The minimum atomic E-state index is -1.17. The summed E-state index contributed by atoms with van der Waals surface area (Å²) in [4.78, 5) is 35.5. The lowest BCUT2D eigenvalue weighted by Gasteiger charge is -2.32. The Balaban J connectivity index is 3.06. The van der Waals surface area contributed by atoms with Gasteiger partial charge in [-0.15, -0.1) is 0 Å². The van der Waals surface area contributed by atoms with E-state index in [4.69, 9.17) is 4.74 Å². The first-order valence-electron chi connectivity index (χ1n) is 5.98. The van der Waals surface area contributed by atoms with Gasteiger partial charge in [0, 0.05) is 18.8 Å². The molecule has 0 N–H and O–H groups in total. The van der Waals surface area contributed by atoms with E-state index in [0.717, 1.165) is 0 Å². The summed E-state index contributed by atoms with van der Waals surface area (Å²) in [6.07, 6.45) is 1.37. The van der Waals surface area contributed by atoms with Crippen LogP contribution in [-0.2, 0) is 19.1 Å². The molecule has 0 aliphatic heterocycles. The highest BCUT2D eigenvalue weighted by Crippen LogP contribution is 2.41. The van der Waals surface area contributed by atoms with E-state index in [1.54, 1.807) is 20.8 Å². The minimum Gasteiger partial charge on any atom is -0.468 e. The minimum absolute atomic E-state index is 0.127. The van der Waals surface area contributed by atoms with Crippen molar-refractivity contribution in [2.75, 3.05) is 7.11 Å². The van der Waals surface area contributed by atoms with Crippen molar-refractivity contribution in [3.8, 4) is 0 Å². The molecular formula is C13H20O4. The van der Waals surface area contributed by atoms with E-state index in [2.05, 4.69) is 0 Å². The molecule has 0 heterocycles. The number of methoxy groups -OCH3 is 1. The Bertz CT molecular complexity index is 345. The molecule has 1 unspecified atom stereocenters. The number of hydrogen-bond donors (Lipinski definition) is 0. The number of rotatable bonds is 4. The van der Waals surface area contributed by atoms with Crippen molar-refractivity contribution in [3.05, 3.63) is 0 Å². The maximum Gasteiger partial charge on any atom is 0.319 e. The third-order valence-corrected chi connectivity index (χ3v) is 3.71. The topological polar surface area (TPSA) is 60.4 Å². The SMILES string of the molecule is COC(=O)C(C)(C(=O)C(C)C)[C@@H]1CCC(=O)C1. The number of Topliss-reactive ketones (excluding diaryl/α,β-unsaturated/α-hetero) is 2. The molecular weight excluding hydrogens is 220 g/mol. The van der Waals surface area contributed by atoms with Crippen molar-refractivity contribution in [2.45, 2.75) is 40.0 Å². The summed E-state index contributed by atoms with van der Waals surface area (Å²) in [5.41, 5.74) is -1.17. The zero-order valence-corrected chi connectivity index (χ0v) is 10.9. The van der Waals surface area contributed by atoms with Crippen LogP contribution in [0.5, 0.6) is 0 Å². The number of carbonyl (C=O) groups is 3. The normalized spacial score (nSPS) is 23.6. The van der Waals surface area contributed by atoms with Gasteiger partial charge in [-0.25, -0.2) is 0 Å². The first-order chi connectivity index (χ1) is 7.83. The zero-order chi connectivity index (χ0) is 13.2. The third kappa shape index (κ3) is 2.40. The van der Waals surface area contributed by atoms with Crippen LogP contribution >= 0.6 is 0 Å². The van der Waals surface area contributed by atoms with Crippen LogP contribution in [0.2, 0.25) is 0 Å². The third-order valence-electron chi connectivity index (χ3n) is 3.71. The molecule has 0 aromatic rings. The molecule has 1 rings (SSSR count). The van der Waals surface area contributed by atoms with Crippen LogP contribution in [0.1, 0.15) is 40.0 Å². The Morgan fingerprint density at radius 1 is 1.41 bits per heavy atom. The highest BCUT2D eigenvalue weighted by molar-refractivity contribution is 6.05. The van der Waals surface area contributed by atoms with Crippen molar-refractivity contribution in [3.63, 3.8) is 0 Å². The Labute approximate surface area is 102 Å². The molecule has 4 nitrogen and oxygen atoms in total. The molecule has 0 saturated heterocycles. The molecule has 17 heavy (non-hydrogen) atoms. The fourth-order valence-corrected chi connectivity index (χ4v) is 2.59. The zero-order valence-electron chi connectivity index (χ0n) is 10.9. The first-order valence-corrected chi connectivity index (χ1v) is 5.98. The van der Waals surface area contributed by atoms with E-state index in [-0.39, 0.29) is 23.4 Å². The van der Waals surface area contributed by atoms with Gasteiger partial charge in [-0.2, -0.15) is 0 Å². The van der Waals surface area contributed by atoms with Gasteiger partial charge >= 0.3 is 5.97 Å². The van der Waals surface area contributed by atoms with Gasteiger partial charge in [0.1, 0.15) is 11.2 Å². The van der Waals surface area contributed by atoms with Gasteiger partial charge in [-0.3, -0.25) is 14.4 Å². The average Bonchev–Trinajstić information content (AvgIpc) is 2.72. The molecule has 0 amide bonds. The van der Waals surface area contributed by atoms with Gasteiger partial charge in [0.15, 0.2) is 5.78 Å². The summed E-state index contributed by atoms with van der Waals surface area (Å²) in [5, 5.41) is 0. The first kappa shape index (κ1) is 13.9. The van der Waals surface area contributed by atoms with Crippen LogP contribution in [-0.4, -0.2) is 24.6 Å². The molecule has 0 aromatic heterocycles. The molecule has 4 heteroatoms. The van der Waals surface area contributed by atoms with Crippen LogP contribution in [0.4, 0.5) is 0 Å². The molecule has 0 radical (unpaired) electrons. The van der Waals surface area contributed by atoms with E-state index in [0.29, 0.717) is 19.3 Å². The summed E-state index contributed by atoms with van der Waals surface area (Å²) >= 11 is 0. The largest absolute Gasteiger partial charge is 0.468 e. The van der Waals surface area contributed by atoms with Crippen LogP contribution < -0.4 is 0 Å². The molecule has 1 aliphatic carbocycles. The monoisotopic (exact) mass is 240 g/mol. The molecule has 1 fully saturated rings. The van der Waals surface area contributed by atoms with Crippen molar-refractivity contribution >= 4 is 17.5 Å². The number of hydrogen-bond acceptors (Lipinski definition) is 4. The molecule has 0 spiro atoms. The molecule has 1 aliphatic rings. The predicted octanol–water partition coefficient (Wildman–Crippen LogP) is 1.76. The fourth-order valence-electron chi connectivity index (χ4n) is 2.59. The molecule has 96 valence electrons. The summed E-state index contributed by atoms with van der Waals surface area (Å²) in [5.74, 6) is -0.978. The fraction of sp³-hybridized carbons (Fsp3) is 0.769. The Morgan fingerprint density at radius 3 is 2.35 bits per heavy atom. The summed E-state index contributed by atoms with van der Waals surface area (Å²) in [6.45, 7) is 5.14. The number of ketones is 2. The highest BCUT2D eigenvalue weighted by Gasteiger charge is 2.51. The summed E-state index contributed by atoms with van der Waals surface area (Å²) in [7, 11) is 1.28. The van der Waals surface area contributed by atoms with Crippen molar-refractivity contribution in [1.82, 2.24) is 0 Å². The molecule has 2 atom stereocenters. The molecule has 0 aromatic carbocycles. The van der Waals surface area contributed by atoms with Crippen molar-refractivity contribution in [2.24, 2.45) is 17.3 Å². The van der Waals surface area contributed by atoms with Crippen LogP contribution in [0.15, 0.2) is 0 Å². The number of ether oxygens (including phenoxy) is 1. The van der Waals surface area contributed by atoms with E-state index >= 15 is 0 Å². The Hall–Kier alpha value is -1.19. The van der Waals surface area contributed by atoms with Crippen LogP contribution in [0.25, 0.3) is 0 Å². The quantitative estimate of drug-likeness (QED) is 0.555. The van der Waals surface area contributed by atoms with E-state index in [9.17, 15) is 14.4 Å². The van der Waals surface area contributed by atoms with Gasteiger partial charge < -0.3 is 4.74 Å². The van der Waals surface area contributed by atoms with Crippen LogP contribution in [0.3, 0.4) is 0 Å². The Morgan fingerprint density at radius 2 is 2.00 bits per heavy atom. The van der Waals surface area contributed by atoms with E-state index in [1.807, 2.05) is 0 Å². The van der Waals surface area contributed by atoms with Crippen molar-refractivity contribution in [1.29, 1.82) is 0 Å². The average molecular weight is 240 g/mol. The van der Waals surface area contributed by atoms with Gasteiger partial charge in [-0.05, 0) is 19.3 Å². The molecule has 1 saturated carbocycles. The van der Waals surface area contributed by atoms with Gasteiger partial charge in [-0.1, -0.05) is 13.8 Å². The highest BCUT2D eigenvalue weighted by atomic mass is 16.5. The molecule has 0 bridgehead atoms. The number of carbonyl (C=O) groups excluding carboxylic acids is 3. The standard InChI is InChI=1S/C13H20O4/c1-8(2)11(15)13(3,12(16)17-4)9-5-6-10(14)7-9/h8-9H,5-7H2,1-4H3/t9-,13?/m1/s1. The second-order valence-electron chi connectivity index (χ2n) is 5.19. The van der Waals surface area contributed by atoms with Gasteiger partial charge in [0.2, 0.25) is 0 Å². The van der Waals surface area contributed by atoms with Crippen LogP contribution in [0, 0.1) is 17.3 Å². The second kappa shape index (κ2) is 4.98. The van der Waals surface area contributed by atoms with E-state index in [1.165, 1.54) is 7.11 Å². The predicted molar refractivity (Wildman–Crippen MR) is 62.3 cm³/mol. The van der Waals surface area contributed by atoms with E-state index < -0.39 is 11.4 Å². The maximum atomic E-state index is 12.2. The van der Waals surface area contributed by atoms with Gasteiger partial charge in [0.25, 0.3) is 0 Å². The maximum absolute atomic E-state index is 12.2. The Kier molecular flexibility index (Phi) is 4.07. The number of esters is 1.